The molecule has 4 N–H and O–H groups in total. The van der Waals surface area contributed by atoms with E-state index in [-0.39, 0.29) is 34.3 Å². The zero-order chi connectivity index (χ0) is 29.3. The van der Waals surface area contributed by atoms with Gasteiger partial charge in [0.15, 0.2) is 5.69 Å². The molecular formula is C29H33ClN8O2S. The van der Waals surface area contributed by atoms with Crippen LogP contribution in [0.2, 0.25) is 5.15 Å². The van der Waals surface area contributed by atoms with Crippen LogP contribution in [-0.2, 0) is 7.05 Å². The van der Waals surface area contributed by atoms with E-state index < -0.39 is 0 Å². The molecule has 1 fully saturated rings. The van der Waals surface area contributed by atoms with Crippen LogP contribution in [0.25, 0.3) is 10.9 Å². The molecule has 0 aliphatic carbocycles. The number of piperidine rings is 1. The number of amides is 1. The minimum absolute atomic E-state index is 0.108. The summed E-state index contributed by atoms with van der Waals surface area (Å²) in [5, 5.41) is 4.17. The number of aromatic nitrogens is 4. The van der Waals surface area contributed by atoms with Gasteiger partial charge in [-0.15, -0.1) is 0 Å². The molecule has 4 aromatic rings. The lowest BCUT2D eigenvalue weighted by Crippen LogP contribution is -2.39. The molecule has 1 aliphatic rings. The number of nitrogen functional groups attached to an aromatic ring is 1. The molecule has 10 nitrogen and oxygen atoms in total. The fourth-order valence-corrected chi connectivity index (χ4v) is 5.82. The number of halogens is 1. The highest BCUT2D eigenvalue weighted by atomic mass is 35.5. The lowest BCUT2D eigenvalue weighted by atomic mass is 9.94. The Morgan fingerprint density at radius 3 is 2.76 bits per heavy atom. The van der Waals surface area contributed by atoms with Crippen molar-refractivity contribution in [1.82, 2.24) is 24.2 Å². The Kier molecular flexibility index (Phi) is 8.37. The highest BCUT2D eigenvalue weighted by molar-refractivity contribution is 7.97. The lowest BCUT2D eigenvalue weighted by Gasteiger charge is -2.34. The number of carbonyl (C=O) groups excluding carboxylic acids is 1. The zero-order valence-corrected chi connectivity index (χ0v) is 25.0. The van der Waals surface area contributed by atoms with Gasteiger partial charge in [0.25, 0.3) is 11.5 Å². The standard InChI is InChI=1S/C29H33ClN8O2S/c1-16-12-20(17(2)33-23-9-10-24(30)34-26(23)27(39)36-41-4)25-21(13-16)28(40)37(3)29(35-25)38-11-5-6-18(15-38)22-8-7-19(31)14-32-22/h7-10,12-14,17-18,33H,5-6,11,15,31H2,1-4H3,(H,36,39). The number of benzene rings is 1. The van der Waals surface area contributed by atoms with E-state index in [1.54, 1.807) is 36.2 Å². The number of anilines is 3. The summed E-state index contributed by atoms with van der Waals surface area (Å²) in [6, 6.07) is 10.8. The van der Waals surface area contributed by atoms with Crippen LogP contribution in [-0.4, -0.2) is 44.8 Å². The largest absolute Gasteiger partial charge is 0.397 e. The monoisotopic (exact) mass is 592 g/mol. The smallest absolute Gasteiger partial charge is 0.281 e. The second-order valence-electron chi connectivity index (χ2n) is 10.4. The lowest BCUT2D eigenvalue weighted by molar-refractivity contribution is 0.0980. The first-order valence-electron chi connectivity index (χ1n) is 13.4. The van der Waals surface area contributed by atoms with Crippen molar-refractivity contribution in [2.45, 2.75) is 38.6 Å². The molecule has 1 saturated heterocycles. The van der Waals surface area contributed by atoms with Crippen molar-refractivity contribution in [3.8, 4) is 0 Å². The fraction of sp³-hybridized carbons (Fsp3) is 0.345. The van der Waals surface area contributed by atoms with E-state index in [0.29, 0.717) is 34.8 Å². The molecule has 0 radical (unpaired) electrons. The molecule has 4 heterocycles. The van der Waals surface area contributed by atoms with Gasteiger partial charge in [0.05, 0.1) is 34.5 Å². The van der Waals surface area contributed by atoms with Crippen LogP contribution in [0.5, 0.6) is 0 Å². The van der Waals surface area contributed by atoms with Gasteiger partial charge >= 0.3 is 0 Å². The summed E-state index contributed by atoms with van der Waals surface area (Å²) in [5.41, 5.74) is 10.5. The molecule has 1 amide bonds. The summed E-state index contributed by atoms with van der Waals surface area (Å²) in [6.07, 6.45) is 5.40. The number of nitrogens with zero attached hydrogens (tertiary/aromatic N) is 5. The molecular weight excluding hydrogens is 560 g/mol. The average molecular weight is 593 g/mol. The molecule has 41 heavy (non-hydrogen) atoms. The van der Waals surface area contributed by atoms with Gasteiger partial charge in [0.2, 0.25) is 5.95 Å². The molecule has 0 saturated carbocycles. The predicted molar refractivity (Wildman–Crippen MR) is 167 cm³/mol. The van der Waals surface area contributed by atoms with Crippen molar-refractivity contribution in [2.24, 2.45) is 7.05 Å². The minimum Gasteiger partial charge on any atom is -0.397 e. The number of hydrogen-bond acceptors (Lipinski definition) is 9. The number of aryl methyl sites for hydroxylation is 1. The molecule has 5 rings (SSSR count). The average Bonchev–Trinajstić information content (AvgIpc) is 2.96. The third kappa shape index (κ3) is 5.96. The highest BCUT2D eigenvalue weighted by Gasteiger charge is 2.27. The Labute approximate surface area is 247 Å². The summed E-state index contributed by atoms with van der Waals surface area (Å²) in [6.45, 7) is 5.42. The van der Waals surface area contributed by atoms with Crippen molar-refractivity contribution >= 4 is 57.7 Å². The fourth-order valence-electron chi connectivity index (χ4n) is 5.39. The minimum atomic E-state index is -0.353. The van der Waals surface area contributed by atoms with E-state index in [2.05, 4.69) is 24.9 Å². The molecule has 2 atom stereocenters. The van der Waals surface area contributed by atoms with Gasteiger partial charge in [0.1, 0.15) is 5.15 Å². The summed E-state index contributed by atoms with van der Waals surface area (Å²) in [4.78, 5) is 42.4. The van der Waals surface area contributed by atoms with E-state index in [0.717, 1.165) is 36.2 Å². The van der Waals surface area contributed by atoms with E-state index >= 15 is 0 Å². The van der Waals surface area contributed by atoms with Gasteiger partial charge in [0, 0.05) is 43.6 Å². The number of carbonyl (C=O) groups is 1. The van der Waals surface area contributed by atoms with Gasteiger partial charge in [-0.05, 0) is 62.6 Å². The van der Waals surface area contributed by atoms with Crippen LogP contribution in [0.15, 0.2) is 47.4 Å². The third-order valence-corrected chi connectivity index (χ3v) is 7.97. The second kappa shape index (κ2) is 12.0. The van der Waals surface area contributed by atoms with Crippen molar-refractivity contribution in [3.05, 3.63) is 80.6 Å². The van der Waals surface area contributed by atoms with Crippen LogP contribution in [0.1, 0.15) is 59.0 Å². The third-order valence-electron chi connectivity index (χ3n) is 7.37. The van der Waals surface area contributed by atoms with Crippen molar-refractivity contribution < 1.29 is 4.79 Å². The van der Waals surface area contributed by atoms with Crippen molar-refractivity contribution in [1.29, 1.82) is 0 Å². The topological polar surface area (TPSA) is 131 Å². The molecule has 12 heteroatoms. The number of nitrogens with two attached hydrogens (primary N) is 1. The Morgan fingerprint density at radius 2 is 2.02 bits per heavy atom. The van der Waals surface area contributed by atoms with Crippen LogP contribution in [0.3, 0.4) is 0 Å². The first-order valence-corrected chi connectivity index (χ1v) is 15.0. The number of hydrogen-bond donors (Lipinski definition) is 3. The normalized spacial score (nSPS) is 16.0. The van der Waals surface area contributed by atoms with Gasteiger partial charge in [-0.2, -0.15) is 0 Å². The molecule has 1 aromatic carbocycles. The Bertz CT molecular complexity index is 1660. The maximum absolute atomic E-state index is 13.7. The van der Waals surface area contributed by atoms with Gasteiger partial charge in [-0.1, -0.05) is 29.6 Å². The van der Waals surface area contributed by atoms with Crippen LogP contribution in [0, 0.1) is 6.92 Å². The number of pyridine rings is 2. The SMILES string of the molecule is CSNC(=O)c1nc(Cl)ccc1NC(C)c1cc(C)cc2c(=O)n(C)c(N3CCCC(c4ccc(N)cn4)C3)nc12. The van der Waals surface area contributed by atoms with E-state index in [9.17, 15) is 9.59 Å². The zero-order valence-electron chi connectivity index (χ0n) is 23.4. The highest BCUT2D eigenvalue weighted by Crippen LogP contribution is 2.32. The van der Waals surface area contributed by atoms with Crippen molar-refractivity contribution in [2.75, 3.05) is 35.3 Å². The maximum Gasteiger partial charge on any atom is 0.281 e. The number of nitrogens with one attached hydrogen (secondary N) is 2. The molecule has 0 bridgehead atoms. The molecule has 2 unspecified atom stereocenters. The van der Waals surface area contributed by atoms with Crippen molar-refractivity contribution in [3.63, 3.8) is 0 Å². The summed E-state index contributed by atoms with van der Waals surface area (Å²) >= 11 is 7.29. The van der Waals surface area contributed by atoms with E-state index in [1.807, 2.05) is 38.1 Å². The second-order valence-corrected chi connectivity index (χ2v) is 11.4. The summed E-state index contributed by atoms with van der Waals surface area (Å²) in [7, 11) is 1.77. The Morgan fingerprint density at radius 1 is 1.22 bits per heavy atom. The molecule has 214 valence electrons. The number of rotatable bonds is 7. The van der Waals surface area contributed by atoms with Gasteiger partial charge in [-0.3, -0.25) is 23.9 Å². The predicted octanol–water partition coefficient (Wildman–Crippen LogP) is 4.83. The van der Waals surface area contributed by atoms with E-state index in [4.69, 9.17) is 22.3 Å². The summed E-state index contributed by atoms with van der Waals surface area (Å²) < 4.78 is 4.34. The Hall–Kier alpha value is -3.83. The quantitative estimate of drug-likeness (QED) is 0.204. The van der Waals surface area contributed by atoms with Gasteiger partial charge < -0.3 is 16.0 Å². The first kappa shape index (κ1) is 28.7. The first-order chi connectivity index (χ1) is 19.7. The number of fused-ring (bicyclic) bond motifs is 1. The maximum atomic E-state index is 13.7. The van der Waals surface area contributed by atoms with Gasteiger partial charge in [-0.25, -0.2) is 9.97 Å². The van der Waals surface area contributed by atoms with Crippen LogP contribution >= 0.6 is 23.5 Å². The molecule has 1 aliphatic heterocycles. The summed E-state index contributed by atoms with van der Waals surface area (Å²) in [5.74, 6) is 0.472. The van der Waals surface area contributed by atoms with Crippen LogP contribution in [0.4, 0.5) is 17.3 Å². The molecule has 0 spiro atoms. The Balaban J connectivity index is 1.53. The molecule has 3 aromatic heterocycles. The van der Waals surface area contributed by atoms with Crippen LogP contribution < -0.4 is 26.2 Å². The van der Waals surface area contributed by atoms with E-state index in [1.165, 1.54) is 11.9 Å².